The minimum absolute atomic E-state index is 0.0504. The molecule has 1 unspecified atom stereocenters. The van der Waals surface area contributed by atoms with Crippen LogP contribution >= 0.6 is 0 Å². The van der Waals surface area contributed by atoms with Gasteiger partial charge in [0.25, 0.3) is 5.91 Å². The summed E-state index contributed by atoms with van der Waals surface area (Å²) in [4.78, 5) is 31.4. The number of carbonyl (C=O) groups excluding carboxylic acids is 2. The molecular weight excluding hydrogens is 406 g/mol. The van der Waals surface area contributed by atoms with Crippen LogP contribution in [0.4, 0.5) is 0 Å². The molecule has 0 spiro atoms. The van der Waals surface area contributed by atoms with Crippen LogP contribution in [0.3, 0.4) is 0 Å². The van der Waals surface area contributed by atoms with Crippen LogP contribution in [0.1, 0.15) is 22.2 Å². The van der Waals surface area contributed by atoms with E-state index in [1.807, 2.05) is 35.2 Å². The molecule has 2 amide bonds. The van der Waals surface area contributed by atoms with Crippen molar-refractivity contribution in [3.63, 3.8) is 0 Å². The van der Waals surface area contributed by atoms with E-state index < -0.39 is 15.9 Å². The molecule has 2 aliphatic heterocycles. The number of amides is 2. The molecule has 1 aromatic heterocycles. The van der Waals surface area contributed by atoms with Crippen molar-refractivity contribution in [3.8, 4) is 0 Å². The van der Waals surface area contributed by atoms with Gasteiger partial charge in [-0.15, -0.1) is 0 Å². The number of rotatable bonds is 4. The summed E-state index contributed by atoms with van der Waals surface area (Å²) in [5, 5.41) is 0. The molecular formula is C21H25N3O5S. The zero-order valence-electron chi connectivity index (χ0n) is 16.6. The van der Waals surface area contributed by atoms with Crippen molar-refractivity contribution >= 4 is 21.7 Å². The highest BCUT2D eigenvalue weighted by atomic mass is 32.2. The van der Waals surface area contributed by atoms with Crippen LogP contribution in [0, 0.1) is 0 Å². The molecule has 0 N–H and O–H groups in total. The molecule has 0 radical (unpaired) electrons. The first kappa shape index (κ1) is 20.6. The number of carbonyl (C=O) groups is 2. The van der Waals surface area contributed by atoms with Gasteiger partial charge in [-0.2, -0.15) is 0 Å². The molecule has 4 rings (SSSR count). The van der Waals surface area contributed by atoms with Gasteiger partial charge in [0.2, 0.25) is 5.91 Å². The topological polar surface area (TPSA) is 91.1 Å². The summed E-state index contributed by atoms with van der Waals surface area (Å²) < 4.78 is 28.9. The molecule has 2 aliphatic rings. The second-order valence-corrected chi connectivity index (χ2v) is 9.90. The second kappa shape index (κ2) is 8.61. The fraction of sp³-hybridized carbons (Fsp3) is 0.429. The smallest absolute Gasteiger partial charge is 0.289 e. The number of benzene rings is 1. The summed E-state index contributed by atoms with van der Waals surface area (Å²) in [6, 6.07) is 12.3. The van der Waals surface area contributed by atoms with Crippen LogP contribution in [0.5, 0.6) is 0 Å². The maximum absolute atomic E-state index is 13.5. The minimum Gasteiger partial charge on any atom is -0.459 e. The van der Waals surface area contributed by atoms with Crippen LogP contribution in [0.2, 0.25) is 0 Å². The Hall–Kier alpha value is -2.65. The van der Waals surface area contributed by atoms with Gasteiger partial charge in [-0.1, -0.05) is 30.3 Å². The molecule has 160 valence electrons. The zero-order valence-corrected chi connectivity index (χ0v) is 17.5. The first-order chi connectivity index (χ1) is 14.4. The van der Waals surface area contributed by atoms with Gasteiger partial charge in [0, 0.05) is 39.3 Å². The molecule has 0 aliphatic carbocycles. The van der Waals surface area contributed by atoms with Crippen LogP contribution < -0.4 is 0 Å². The molecule has 2 saturated heterocycles. The Balaban J connectivity index is 1.47. The highest BCUT2D eigenvalue weighted by Crippen LogP contribution is 2.26. The lowest BCUT2D eigenvalue weighted by molar-refractivity contribution is -0.138. The molecule has 0 saturated carbocycles. The van der Waals surface area contributed by atoms with Gasteiger partial charge in [0.1, 0.15) is 6.04 Å². The maximum atomic E-state index is 13.5. The van der Waals surface area contributed by atoms with E-state index in [1.165, 1.54) is 6.26 Å². The molecule has 1 aromatic carbocycles. The number of piperazine rings is 1. The predicted octanol–water partition coefficient (Wildman–Crippen LogP) is 1.04. The lowest BCUT2D eigenvalue weighted by Crippen LogP contribution is -2.54. The molecule has 1 atom stereocenters. The van der Waals surface area contributed by atoms with Gasteiger partial charge in [0.15, 0.2) is 15.6 Å². The largest absolute Gasteiger partial charge is 0.459 e. The summed E-state index contributed by atoms with van der Waals surface area (Å²) in [7, 11) is -3.04. The van der Waals surface area contributed by atoms with Crippen LogP contribution in [-0.4, -0.2) is 85.7 Å². The molecule has 2 fully saturated rings. The standard InChI is InChI=1S/C21H25N3O5S/c25-20(18-7-4-14-29-18)23-8-10-24(11-9-23)21(26)19(17-5-2-1-3-6-17)22-12-15-30(27,28)16-13-22/h1-7,14,19H,8-13,15-16H2. The lowest BCUT2D eigenvalue weighted by atomic mass is 10.0. The first-order valence-electron chi connectivity index (χ1n) is 10.1. The van der Waals surface area contributed by atoms with Gasteiger partial charge in [-0.3, -0.25) is 14.5 Å². The van der Waals surface area contributed by atoms with E-state index >= 15 is 0 Å². The summed E-state index contributed by atoms with van der Waals surface area (Å²) in [6.07, 6.45) is 1.47. The van der Waals surface area contributed by atoms with E-state index in [4.69, 9.17) is 4.42 Å². The quantitative estimate of drug-likeness (QED) is 0.718. The molecule has 9 heteroatoms. The zero-order chi connectivity index (χ0) is 21.1. The average molecular weight is 432 g/mol. The average Bonchev–Trinajstić information content (AvgIpc) is 3.30. The fourth-order valence-electron chi connectivity index (χ4n) is 3.99. The third-order valence-corrected chi connectivity index (χ3v) is 7.31. The second-order valence-electron chi connectivity index (χ2n) is 7.60. The summed E-state index contributed by atoms with van der Waals surface area (Å²) >= 11 is 0. The van der Waals surface area contributed by atoms with Crippen molar-refractivity contribution in [3.05, 3.63) is 60.1 Å². The Morgan fingerprint density at radius 2 is 1.47 bits per heavy atom. The normalized spacial score (nSPS) is 20.7. The van der Waals surface area contributed by atoms with Crippen molar-refractivity contribution in [2.75, 3.05) is 50.8 Å². The monoisotopic (exact) mass is 431 g/mol. The van der Waals surface area contributed by atoms with Crippen molar-refractivity contribution in [2.24, 2.45) is 0 Å². The van der Waals surface area contributed by atoms with Crippen LogP contribution in [-0.2, 0) is 14.6 Å². The van der Waals surface area contributed by atoms with Gasteiger partial charge in [-0.25, -0.2) is 8.42 Å². The Kier molecular flexibility index (Phi) is 5.92. The third-order valence-electron chi connectivity index (χ3n) is 5.70. The Morgan fingerprint density at radius 1 is 0.833 bits per heavy atom. The summed E-state index contributed by atoms with van der Waals surface area (Å²) in [6.45, 7) is 2.40. The van der Waals surface area contributed by atoms with E-state index in [2.05, 4.69) is 0 Å². The highest BCUT2D eigenvalue weighted by molar-refractivity contribution is 7.91. The van der Waals surface area contributed by atoms with E-state index in [0.29, 0.717) is 45.0 Å². The van der Waals surface area contributed by atoms with Crippen molar-refractivity contribution < 1.29 is 22.4 Å². The third kappa shape index (κ3) is 4.41. The highest BCUT2D eigenvalue weighted by Gasteiger charge is 2.36. The Labute approximate surface area is 176 Å². The predicted molar refractivity (Wildman–Crippen MR) is 111 cm³/mol. The van der Waals surface area contributed by atoms with Gasteiger partial charge >= 0.3 is 0 Å². The number of nitrogens with zero attached hydrogens (tertiary/aromatic N) is 3. The Morgan fingerprint density at radius 3 is 2.07 bits per heavy atom. The van der Waals surface area contributed by atoms with E-state index in [0.717, 1.165) is 5.56 Å². The van der Waals surface area contributed by atoms with Crippen molar-refractivity contribution in [2.45, 2.75) is 6.04 Å². The van der Waals surface area contributed by atoms with Gasteiger partial charge in [-0.05, 0) is 17.7 Å². The summed E-state index contributed by atoms with van der Waals surface area (Å²) in [5.74, 6) is 0.203. The SMILES string of the molecule is O=C(c1ccco1)N1CCN(C(=O)C(c2ccccc2)N2CCS(=O)(=O)CC2)CC1. The Bertz CT molecular complexity index is 969. The van der Waals surface area contributed by atoms with Gasteiger partial charge < -0.3 is 14.2 Å². The van der Waals surface area contributed by atoms with Crippen molar-refractivity contribution in [1.82, 2.24) is 14.7 Å². The molecule has 2 aromatic rings. The maximum Gasteiger partial charge on any atom is 0.289 e. The fourth-order valence-corrected chi connectivity index (χ4v) is 5.22. The lowest BCUT2D eigenvalue weighted by Gasteiger charge is -2.40. The number of sulfone groups is 1. The van der Waals surface area contributed by atoms with Crippen LogP contribution in [0.15, 0.2) is 53.1 Å². The van der Waals surface area contributed by atoms with Gasteiger partial charge in [0.05, 0.1) is 17.8 Å². The minimum atomic E-state index is -3.04. The molecule has 0 bridgehead atoms. The van der Waals surface area contributed by atoms with E-state index in [-0.39, 0.29) is 23.3 Å². The molecule has 30 heavy (non-hydrogen) atoms. The van der Waals surface area contributed by atoms with E-state index in [9.17, 15) is 18.0 Å². The van der Waals surface area contributed by atoms with Crippen molar-refractivity contribution in [1.29, 1.82) is 0 Å². The van der Waals surface area contributed by atoms with Crippen LogP contribution in [0.25, 0.3) is 0 Å². The summed E-state index contributed by atoms with van der Waals surface area (Å²) in [5.41, 5.74) is 0.857. The molecule has 8 nitrogen and oxygen atoms in total. The molecule has 3 heterocycles. The number of furan rings is 1. The first-order valence-corrected chi connectivity index (χ1v) is 11.9. The number of hydrogen-bond acceptors (Lipinski definition) is 6. The van der Waals surface area contributed by atoms with E-state index in [1.54, 1.807) is 21.9 Å². The number of hydrogen-bond donors (Lipinski definition) is 0.